The van der Waals surface area contributed by atoms with Crippen molar-refractivity contribution in [1.29, 1.82) is 0 Å². The van der Waals surface area contributed by atoms with Crippen molar-refractivity contribution in [2.75, 3.05) is 0 Å². The molecule has 0 aromatic heterocycles. The highest BCUT2D eigenvalue weighted by molar-refractivity contribution is 5.94. The molecule has 0 aliphatic carbocycles. The molecule has 1 aromatic rings. The first-order chi connectivity index (χ1) is 10.6. The fraction of sp³-hybridized carbons (Fsp3) is 0.438. The van der Waals surface area contributed by atoms with E-state index in [0.717, 1.165) is 12.1 Å². The summed E-state index contributed by atoms with van der Waals surface area (Å²) in [5, 5.41) is 13.1. The summed E-state index contributed by atoms with van der Waals surface area (Å²) in [6.07, 6.45) is 2.86. The van der Waals surface area contributed by atoms with Crippen molar-refractivity contribution in [2.24, 2.45) is 0 Å². The second-order valence-electron chi connectivity index (χ2n) is 7.19. The van der Waals surface area contributed by atoms with E-state index in [4.69, 9.17) is 0 Å². The smallest absolute Gasteiger partial charge is 0.270 e. The molecule has 1 amide bonds. The molecular weight excluding hydrogens is 296 g/mol. The Morgan fingerprint density at radius 1 is 1.30 bits per heavy atom. The van der Waals surface area contributed by atoms with Crippen molar-refractivity contribution in [1.82, 2.24) is 10.9 Å². The molecule has 0 spiro atoms. The molecule has 7 nitrogen and oxygen atoms in total. The minimum Gasteiger partial charge on any atom is -0.334 e. The molecule has 0 saturated carbocycles. The fourth-order valence-corrected chi connectivity index (χ4v) is 3.14. The second-order valence-corrected chi connectivity index (χ2v) is 7.19. The molecule has 23 heavy (non-hydrogen) atoms. The number of benzene rings is 1. The van der Waals surface area contributed by atoms with Gasteiger partial charge >= 0.3 is 0 Å². The van der Waals surface area contributed by atoms with E-state index in [1.54, 1.807) is 6.07 Å². The van der Waals surface area contributed by atoms with Crippen LogP contribution >= 0.6 is 0 Å². The van der Waals surface area contributed by atoms with Gasteiger partial charge in [0.15, 0.2) is 0 Å². The molecule has 0 unspecified atom stereocenters. The lowest BCUT2D eigenvalue weighted by Crippen LogP contribution is -3.04. The van der Waals surface area contributed by atoms with E-state index in [2.05, 4.69) is 49.9 Å². The summed E-state index contributed by atoms with van der Waals surface area (Å²) in [4.78, 5) is 22.4. The van der Waals surface area contributed by atoms with Crippen molar-refractivity contribution < 1.29 is 15.0 Å². The van der Waals surface area contributed by atoms with Crippen LogP contribution in [0.15, 0.2) is 36.0 Å². The minimum atomic E-state index is -0.519. The van der Waals surface area contributed by atoms with Gasteiger partial charge in [0.05, 0.1) is 10.5 Å². The first kappa shape index (κ1) is 17.0. The number of quaternary nitrogens is 1. The number of hydrogen-bond acceptors (Lipinski definition) is 4. The standard InChI is InChI=1S/C16H22N4O3/c1-15(2)9-12(10-16(3,4)19-15)17-18-14(21)11-6-5-7-13(8-11)20(22)23/h5-9,17,19H,10H2,1-4H3,(H,18,21)/p+1. The molecule has 0 radical (unpaired) electrons. The van der Waals surface area contributed by atoms with Crippen LogP contribution in [0, 0.1) is 10.1 Å². The van der Waals surface area contributed by atoms with Crippen LogP contribution in [0.5, 0.6) is 0 Å². The number of nitrogens with zero attached hydrogens (tertiary/aromatic N) is 1. The number of amides is 1. The number of nitro groups is 1. The van der Waals surface area contributed by atoms with Gasteiger partial charge in [-0.25, -0.2) is 0 Å². The van der Waals surface area contributed by atoms with E-state index in [1.165, 1.54) is 18.2 Å². The van der Waals surface area contributed by atoms with Crippen LogP contribution < -0.4 is 16.2 Å². The molecule has 0 bridgehead atoms. The molecule has 1 heterocycles. The Labute approximate surface area is 135 Å². The molecule has 0 atom stereocenters. The molecular formula is C16H23N4O3+. The number of nitro benzene ring substituents is 1. The molecule has 124 valence electrons. The van der Waals surface area contributed by atoms with Gasteiger partial charge in [-0.2, -0.15) is 0 Å². The summed E-state index contributed by atoms with van der Waals surface area (Å²) < 4.78 is 0. The number of nitrogens with two attached hydrogens (primary N) is 1. The van der Waals surface area contributed by atoms with E-state index < -0.39 is 10.8 Å². The van der Waals surface area contributed by atoms with Gasteiger partial charge in [-0.1, -0.05) is 6.07 Å². The Kier molecular flexibility index (Phi) is 4.42. The number of hydrogen-bond donors (Lipinski definition) is 3. The lowest BCUT2D eigenvalue weighted by atomic mass is 9.86. The number of carbonyl (C=O) groups is 1. The highest BCUT2D eigenvalue weighted by Crippen LogP contribution is 2.19. The Balaban J connectivity index is 2.06. The third kappa shape index (κ3) is 4.53. The van der Waals surface area contributed by atoms with E-state index in [-0.39, 0.29) is 22.3 Å². The largest absolute Gasteiger partial charge is 0.334 e. The highest BCUT2D eigenvalue weighted by Gasteiger charge is 2.36. The summed E-state index contributed by atoms with van der Waals surface area (Å²) >= 11 is 0. The number of hydrazine groups is 1. The first-order valence-corrected chi connectivity index (χ1v) is 7.48. The Bertz CT molecular complexity index is 665. The summed E-state index contributed by atoms with van der Waals surface area (Å²) in [6, 6.07) is 5.65. The van der Waals surface area contributed by atoms with Crippen LogP contribution in [0.3, 0.4) is 0 Å². The van der Waals surface area contributed by atoms with Gasteiger partial charge in [-0.3, -0.25) is 20.3 Å². The Morgan fingerprint density at radius 2 is 2.00 bits per heavy atom. The fourth-order valence-electron chi connectivity index (χ4n) is 3.14. The summed E-state index contributed by atoms with van der Waals surface area (Å²) in [5.74, 6) is -0.403. The van der Waals surface area contributed by atoms with Gasteiger partial charge in [0.25, 0.3) is 11.6 Å². The Hall–Kier alpha value is -2.41. The van der Waals surface area contributed by atoms with Crippen molar-refractivity contribution in [3.63, 3.8) is 0 Å². The van der Waals surface area contributed by atoms with Crippen molar-refractivity contribution >= 4 is 11.6 Å². The summed E-state index contributed by atoms with van der Waals surface area (Å²) in [5.41, 5.74) is 6.59. The molecule has 2 rings (SSSR count). The third-order valence-corrected chi connectivity index (χ3v) is 3.61. The maximum atomic E-state index is 12.2. The summed E-state index contributed by atoms with van der Waals surface area (Å²) in [7, 11) is 0. The molecule has 1 aromatic carbocycles. The summed E-state index contributed by atoms with van der Waals surface area (Å²) in [6.45, 7) is 8.51. The van der Waals surface area contributed by atoms with Crippen LogP contribution in [-0.2, 0) is 0 Å². The third-order valence-electron chi connectivity index (χ3n) is 3.61. The zero-order valence-electron chi connectivity index (χ0n) is 13.8. The van der Waals surface area contributed by atoms with Crippen LogP contribution in [-0.4, -0.2) is 21.9 Å². The highest BCUT2D eigenvalue weighted by atomic mass is 16.6. The van der Waals surface area contributed by atoms with Gasteiger partial charge in [-0.05, 0) is 39.8 Å². The number of non-ortho nitro benzene ring substituents is 1. The predicted octanol–water partition coefficient (Wildman–Crippen LogP) is 1.24. The van der Waals surface area contributed by atoms with Crippen LogP contribution in [0.2, 0.25) is 0 Å². The molecule has 0 fully saturated rings. The second kappa shape index (κ2) is 6.00. The monoisotopic (exact) mass is 319 g/mol. The van der Waals surface area contributed by atoms with E-state index in [0.29, 0.717) is 0 Å². The predicted molar refractivity (Wildman–Crippen MR) is 86.5 cm³/mol. The van der Waals surface area contributed by atoms with Gasteiger partial charge in [0.1, 0.15) is 5.54 Å². The van der Waals surface area contributed by atoms with Crippen molar-refractivity contribution in [3.05, 3.63) is 51.7 Å². The lowest BCUT2D eigenvalue weighted by Gasteiger charge is -2.37. The van der Waals surface area contributed by atoms with Gasteiger partial charge < -0.3 is 10.7 Å². The van der Waals surface area contributed by atoms with Crippen LogP contribution in [0.25, 0.3) is 0 Å². The SMILES string of the molecule is CC1(C)C=C(NNC(=O)c2cccc([N+](=O)[O-])c2)CC(C)(C)[NH2+]1. The maximum Gasteiger partial charge on any atom is 0.270 e. The quantitative estimate of drug-likeness (QED) is 0.574. The minimum absolute atomic E-state index is 0.0246. The van der Waals surface area contributed by atoms with E-state index in [9.17, 15) is 14.9 Å². The average Bonchev–Trinajstić information content (AvgIpc) is 2.41. The zero-order valence-corrected chi connectivity index (χ0v) is 13.8. The van der Waals surface area contributed by atoms with Crippen LogP contribution in [0.4, 0.5) is 5.69 Å². The molecule has 1 aliphatic heterocycles. The zero-order chi connectivity index (χ0) is 17.3. The number of nitrogens with one attached hydrogen (secondary N) is 2. The van der Waals surface area contributed by atoms with E-state index in [1.807, 2.05) is 0 Å². The van der Waals surface area contributed by atoms with Crippen LogP contribution in [0.1, 0.15) is 44.5 Å². The number of carbonyl (C=O) groups excluding carboxylic acids is 1. The maximum absolute atomic E-state index is 12.2. The first-order valence-electron chi connectivity index (χ1n) is 7.48. The van der Waals surface area contributed by atoms with Crippen molar-refractivity contribution in [2.45, 2.75) is 45.2 Å². The lowest BCUT2D eigenvalue weighted by molar-refractivity contribution is -0.771. The van der Waals surface area contributed by atoms with Crippen molar-refractivity contribution in [3.8, 4) is 0 Å². The Morgan fingerprint density at radius 3 is 2.61 bits per heavy atom. The topological polar surface area (TPSA) is 101 Å². The molecule has 1 aliphatic rings. The van der Waals surface area contributed by atoms with E-state index >= 15 is 0 Å². The normalized spacial score (nSPS) is 18.7. The van der Waals surface area contributed by atoms with Gasteiger partial charge in [0.2, 0.25) is 0 Å². The molecule has 7 heteroatoms. The molecule has 4 N–H and O–H groups in total. The average molecular weight is 319 g/mol. The van der Waals surface area contributed by atoms with Gasteiger partial charge in [0, 0.05) is 29.8 Å². The van der Waals surface area contributed by atoms with Gasteiger partial charge in [-0.15, -0.1) is 0 Å². The number of rotatable bonds is 4. The molecule has 0 saturated heterocycles.